The van der Waals surface area contributed by atoms with E-state index in [4.69, 9.17) is 24.2 Å². The molecule has 2 N–H and O–H groups in total. The van der Waals surface area contributed by atoms with Gasteiger partial charge in [-0.05, 0) is 48.5 Å². The Morgan fingerprint density at radius 2 is 1.65 bits per heavy atom. The zero-order valence-corrected chi connectivity index (χ0v) is 15.2. The van der Waals surface area contributed by atoms with Crippen LogP contribution in [0.15, 0.2) is 11.7 Å². The average Bonchev–Trinajstić information content (AvgIpc) is 2.55. The van der Waals surface area contributed by atoms with Gasteiger partial charge >= 0.3 is 13.2 Å². The van der Waals surface area contributed by atoms with Crippen LogP contribution >= 0.6 is 0 Å². The van der Waals surface area contributed by atoms with Crippen LogP contribution in [0, 0.1) is 5.41 Å². The van der Waals surface area contributed by atoms with E-state index in [-0.39, 0.29) is 11.4 Å². The number of carbonyl (C=O) groups excluding carboxylic acids is 1. The lowest BCUT2D eigenvalue weighted by Gasteiger charge is -2.32. The van der Waals surface area contributed by atoms with Crippen molar-refractivity contribution in [1.82, 2.24) is 5.32 Å². The first-order valence-corrected chi connectivity index (χ1v) is 7.47. The number of alkyl carbamates (subject to hydrolysis) is 1. The quantitative estimate of drug-likeness (QED) is 0.473. The normalized spacial score (nSPS) is 20.2. The molecule has 130 valence electrons. The van der Waals surface area contributed by atoms with Crippen molar-refractivity contribution in [3.63, 3.8) is 0 Å². The van der Waals surface area contributed by atoms with Crippen molar-refractivity contribution in [2.45, 2.75) is 65.3 Å². The third kappa shape index (κ3) is 4.97. The summed E-state index contributed by atoms with van der Waals surface area (Å²) in [5.41, 5.74) is -1.46. The summed E-state index contributed by atoms with van der Waals surface area (Å²) in [7, 11) is 0.553. The molecule has 8 heteroatoms. The van der Waals surface area contributed by atoms with Crippen LogP contribution in [-0.2, 0) is 18.8 Å². The highest BCUT2D eigenvalue weighted by Crippen LogP contribution is 2.38. The highest BCUT2D eigenvalue weighted by Gasteiger charge is 2.53. The van der Waals surface area contributed by atoms with Crippen LogP contribution in [-0.4, -0.2) is 43.0 Å². The van der Waals surface area contributed by atoms with E-state index in [1.807, 2.05) is 27.7 Å². The van der Waals surface area contributed by atoms with Gasteiger partial charge in [-0.1, -0.05) is 0 Å². The molecule has 1 aliphatic heterocycles. The van der Waals surface area contributed by atoms with Crippen LogP contribution in [0.25, 0.3) is 0 Å². The number of rotatable bonds is 3. The Bertz CT molecular complexity index is 492. The van der Waals surface area contributed by atoms with E-state index in [9.17, 15) is 4.79 Å². The first kappa shape index (κ1) is 19.5. The number of methoxy groups -OCH3 is 1. The third-order valence-electron chi connectivity index (χ3n) is 3.72. The highest BCUT2D eigenvalue weighted by molar-refractivity contribution is 6.61. The lowest BCUT2D eigenvalue weighted by molar-refractivity contribution is 0.00578. The number of ether oxygens (including phenoxy) is 2. The fourth-order valence-corrected chi connectivity index (χ4v) is 1.77. The highest BCUT2D eigenvalue weighted by atomic mass is 16.7. The topological polar surface area (TPSA) is 89.9 Å². The van der Waals surface area contributed by atoms with Gasteiger partial charge in [0.05, 0.1) is 23.8 Å². The molecule has 1 rings (SSSR count). The van der Waals surface area contributed by atoms with Crippen molar-refractivity contribution >= 4 is 19.1 Å². The number of carbonyl (C=O) groups is 1. The fraction of sp³-hybridized carbons (Fsp3) is 0.733. The van der Waals surface area contributed by atoms with Crippen LogP contribution in [0.3, 0.4) is 0 Å². The van der Waals surface area contributed by atoms with E-state index in [2.05, 4.69) is 5.32 Å². The van der Waals surface area contributed by atoms with Crippen molar-refractivity contribution in [1.29, 1.82) is 5.41 Å². The minimum atomic E-state index is -0.817. The van der Waals surface area contributed by atoms with Gasteiger partial charge in [0.1, 0.15) is 5.60 Å². The Hall–Kier alpha value is -1.54. The molecular weight excluding hydrogens is 299 g/mol. The van der Waals surface area contributed by atoms with E-state index in [1.165, 1.54) is 13.3 Å². The Balaban J connectivity index is 2.93. The molecule has 0 saturated carbocycles. The fourth-order valence-electron chi connectivity index (χ4n) is 1.77. The van der Waals surface area contributed by atoms with Gasteiger partial charge in [-0.15, -0.1) is 0 Å². The molecule has 1 amide bonds. The smallest absolute Gasteiger partial charge is 0.482 e. The van der Waals surface area contributed by atoms with Crippen molar-refractivity contribution in [3.8, 4) is 0 Å². The summed E-state index contributed by atoms with van der Waals surface area (Å²) in [5.74, 6) is -0.153. The lowest BCUT2D eigenvalue weighted by atomic mass is 9.78. The average molecular weight is 326 g/mol. The summed E-state index contributed by atoms with van der Waals surface area (Å²) < 4.78 is 21.9. The molecule has 7 nitrogen and oxygen atoms in total. The van der Waals surface area contributed by atoms with Crippen molar-refractivity contribution < 1.29 is 23.6 Å². The van der Waals surface area contributed by atoms with Crippen LogP contribution < -0.4 is 5.32 Å². The Kier molecular flexibility index (Phi) is 5.54. The predicted molar refractivity (Wildman–Crippen MR) is 88.3 cm³/mol. The Morgan fingerprint density at radius 3 is 2.04 bits per heavy atom. The number of hydrogen-bond donors (Lipinski definition) is 2. The molecule has 1 saturated heterocycles. The van der Waals surface area contributed by atoms with Gasteiger partial charge in [0.25, 0.3) is 0 Å². The minimum absolute atomic E-state index is 0.153. The van der Waals surface area contributed by atoms with Gasteiger partial charge in [0.15, 0.2) is 0 Å². The van der Waals surface area contributed by atoms with Crippen molar-refractivity contribution in [2.75, 3.05) is 7.11 Å². The zero-order valence-electron chi connectivity index (χ0n) is 15.2. The molecule has 0 spiro atoms. The maximum atomic E-state index is 11.8. The molecule has 0 unspecified atom stereocenters. The summed E-state index contributed by atoms with van der Waals surface area (Å²) in [6.07, 6.45) is 0.692. The number of hydrogen-bond acceptors (Lipinski definition) is 6. The molecule has 0 atom stereocenters. The minimum Gasteiger partial charge on any atom is -0.482 e. The summed E-state index contributed by atoms with van der Waals surface area (Å²) >= 11 is 0. The van der Waals surface area contributed by atoms with Crippen LogP contribution in [0.1, 0.15) is 48.5 Å². The maximum Gasteiger partial charge on any atom is 0.501 e. The van der Waals surface area contributed by atoms with E-state index in [1.54, 1.807) is 20.8 Å². The predicted octanol–water partition coefficient (Wildman–Crippen LogP) is 2.65. The second-order valence-electron chi connectivity index (χ2n) is 7.37. The van der Waals surface area contributed by atoms with E-state index in [0.29, 0.717) is 0 Å². The van der Waals surface area contributed by atoms with Gasteiger partial charge in [-0.25, -0.2) is 4.79 Å². The molecule has 0 bridgehead atoms. The molecule has 1 aliphatic rings. The van der Waals surface area contributed by atoms with Crippen LogP contribution in [0.4, 0.5) is 4.79 Å². The number of amides is 1. The van der Waals surface area contributed by atoms with E-state index >= 15 is 0 Å². The van der Waals surface area contributed by atoms with Gasteiger partial charge < -0.3 is 18.8 Å². The molecule has 0 radical (unpaired) electrons. The maximum absolute atomic E-state index is 11.8. The Labute approximate surface area is 138 Å². The standard InChI is InChI=1S/C15H27BN2O5/c1-13(2,3)21-12(19)18-9-10(11(17)20-8)16-22-14(4,5)15(6,7)23-16/h9,17H,1-8H3,(H,18,19)/b10-9+,17-11?. The monoisotopic (exact) mass is 326 g/mol. The molecule has 0 aromatic rings. The summed E-state index contributed by atoms with van der Waals surface area (Å²) in [5, 5.41) is 10.4. The van der Waals surface area contributed by atoms with E-state index in [0.717, 1.165) is 0 Å². The second-order valence-corrected chi connectivity index (χ2v) is 7.37. The molecule has 0 aliphatic carbocycles. The zero-order chi connectivity index (χ0) is 18.1. The van der Waals surface area contributed by atoms with Gasteiger partial charge in [-0.2, -0.15) is 0 Å². The Morgan fingerprint density at radius 1 is 1.17 bits per heavy atom. The van der Waals surface area contributed by atoms with E-state index < -0.39 is 30.0 Å². The van der Waals surface area contributed by atoms with Crippen molar-refractivity contribution in [3.05, 3.63) is 11.7 Å². The third-order valence-corrected chi connectivity index (χ3v) is 3.72. The van der Waals surface area contributed by atoms with Gasteiger partial charge in [0, 0.05) is 6.20 Å². The molecule has 1 heterocycles. The summed E-state index contributed by atoms with van der Waals surface area (Å²) in [6.45, 7) is 12.9. The lowest BCUT2D eigenvalue weighted by Crippen LogP contribution is -2.41. The summed E-state index contributed by atoms with van der Waals surface area (Å²) in [4.78, 5) is 11.8. The molecule has 0 aromatic carbocycles. The first-order valence-electron chi connectivity index (χ1n) is 7.47. The molecule has 1 fully saturated rings. The van der Waals surface area contributed by atoms with Gasteiger partial charge in [0.2, 0.25) is 5.90 Å². The summed E-state index contributed by atoms with van der Waals surface area (Å²) in [6, 6.07) is 0. The van der Waals surface area contributed by atoms with Gasteiger partial charge in [-0.3, -0.25) is 10.7 Å². The second kappa shape index (κ2) is 6.53. The van der Waals surface area contributed by atoms with Crippen LogP contribution in [0.5, 0.6) is 0 Å². The molecular formula is C15H27BN2O5. The SMILES string of the molecule is COC(=N)/C(=C\NC(=O)OC(C)(C)C)B1OC(C)(C)C(C)(C)O1. The molecule has 23 heavy (non-hydrogen) atoms. The largest absolute Gasteiger partial charge is 0.501 e. The first-order chi connectivity index (χ1) is 10.3. The molecule has 0 aromatic heterocycles. The van der Waals surface area contributed by atoms with Crippen molar-refractivity contribution in [2.24, 2.45) is 0 Å². The number of nitrogens with one attached hydrogen (secondary N) is 2. The van der Waals surface area contributed by atoms with Crippen LogP contribution in [0.2, 0.25) is 0 Å².